The standard InChI is InChI=1S/C12H19NO2S/c1-4-7(2)10-11(15)13-8(3)9(5-14)6-16-12(10)13/h7,10,12,14H,4-6H2,1-3H3. The van der Waals surface area contributed by atoms with Crippen LogP contribution >= 0.6 is 11.8 Å². The van der Waals surface area contributed by atoms with Gasteiger partial charge in [-0.3, -0.25) is 4.79 Å². The van der Waals surface area contributed by atoms with Gasteiger partial charge in [0.25, 0.3) is 0 Å². The van der Waals surface area contributed by atoms with Gasteiger partial charge >= 0.3 is 0 Å². The molecule has 0 bridgehead atoms. The van der Waals surface area contributed by atoms with Gasteiger partial charge in [0.2, 0.25) is 5.91 Å². The predicted molar refractivity (Wildman–Crippen MR) is 65.8 cm³/mol. The van der Waals surface area contributed by atoms with Crippen LogP contribution in [0.3, 0.4) is 0 Å². The topological polar surface area (TPSA) is 40.5 Å². The molecule has 0 aromatic rings. The van der Waals surface area contributed by atoms with E-state index in [0.717, 1.165) is 23.4 Å². The molecule has 2 heterocycles. The zero-order valence-electron chi connectivity index (χ0n) is 10.1. The summed E-state index contributed by atoms with van der Waals surface area (Å²) in [6, 6.07) is 0. The van der Waals surface area contributed by atoms with Gasteiger partial charge in [-0.25, -0.2) is 0 Å². The molecule has 0 aliphatic carbocycles. The third-order valence-corrected chi connectivity index (χ3v) is 5.19. The molecule has 2 aliphatic rings. The monoisotopic (exact) mass is 241 g/mol. The first kappa shape index (κ1) is 12.0. The highest BCUT2D eigenvalue weighted by Gasteiger charge is 2.52. The van der Waals surface area contributed by atoms with Crippen molar-refractivity contribution in [3.05, 3.63) is 11.3 Å². The van der Waals surface area contributed by atoms with E-state index in [4.69, 9.17) is 0 Å². The Hall–Kier alpha value is -0.480. The van der Waals surface area contributed by atoms with Crippen molar-refractivity contribution in [1.82, 2.24) is 4.90 Å². The SMILES string of the molecule is CCC(C)C1C(=O)N2C(C)=C(CO)CSC12. The molecule has 0 saturated carbocycles. The van der Waals surface area contributed by atoms with Crippen LogP contribution in [0, 0.1) is 11.8 Å². The van der Waals surface area contributed by atoms with Crippen LogP contribution in [0.4, 0.5) is 0 Å². The van der Waals surface area contributed by atoms with Crippen molar-refractivity contribution in [3.8, 4) is 0 Å². The molecule has 0 aromatic carbocycles. The fourth-order valence-electron chi connectivity index (χ4n) is 2.42. The number of carbonyl (C=O) groups excluding carboxylic acids is 1. The molecule has 2 aliphatic heterocycles. The van der Waals surface area contributed by atoms with E-state index in [9.17, 15) is 9.90 Å². The number of thioether (sulfide) groups is 1. The average molecular weight is 241 g/mol. The van der Waals surface area contributed by atoms with Crippen molar-refractivity contribution in [1.29, 1.82) is 0 Å². The number of fused-ring (bicyclic) bond motifs is 1. The second-order valence-electron chi connectivity index (χ2n) is 4.67. The Morgan fingerprint density at radius 1 is 1.62 bits per heavy atom. The normalized spacial score (nSPS) is 31.2. The van der Waals surface area contributed by atoms with Gasteiger partial charge in [0, 0.05) is 11.4 Å². The Morgan fingerprint density at radius 3 is 2.88 bits per heavy atom. The van der Waals surface area contributed by atoms with Crippen LogP contribution in [0.1, 0.15) is 27.2 Å². The second-order valence-corrected chi connectivity index (χ2v) is 5.77. The van der Waals surface area contributed by atoms with Crippen molar-refractivity contribution in [2.24, 2.45) is 11.8 Å². The third-order valence-electron chi connectivity index (χ3n) is 3.83. The average Bonchev–Trinajstić information content (AvgIpc) is 2.27. The van der Waals surface area contributed by atoms with Crippen molar-refractivity contribution in [2.75, 3.05) is 12.4 Å². The maximum atomic E-state index is 12.1. The van der Waals surface area contributed by atoms with Crippen LogP contribution in [-0.2, 0) is 4.79 Å². The molecule has 0 radical (unpaired) electrons. The van der Waals surface area contributed by atoms with E-state index < -0.39 is 0 Å². The summed E-state index contributed by atoms with van der Waals surface area (Å²) in [5.74, 6) is 1.76. The summed E-state index contributed by atoms with van der Waals surface area (Å²) >= 11 is 1.79. The number of β-lactam (4-membered cyclic amide) rings is 1. The van der Waals surface area contributed by atoms with Crippen LogP contribution in [0.15, 0.2) is 11.3 Å². The highest BCUT2D eigenvalue weighted by atomic mass is 32.2. The molecule has 4 heteroatoms. The Bertz CT molecular complexity index is 340. The number of hydrogen-bond acceptors (Lipinski definition) is 3. The number of amides is 1. The Kier molecular flexibility index (Phi) is 3.31. The van der Waals surface area contributed by atoms with Crippen molar-refractivity contribution in [3.63, 3.8) is 0 Å². The van der Waals surface area contributed by atoms with E-state index in [1.54, 1.807) is 11.8 Å². The maximum Gasteiger partial charge on any atom is 0.234 e. The molecule has 1 N–H and O–H groups in total. The van der Waals surface area contributed by atoms with Crippen molar-refractivity contribution < 1.29 is 9.90 Å². The molecule has 1 saturated heterocycles. The summed E-state index contributed by atoms with van der Waals surface area (Å²) in [7, 11) is 0. The van der Waals surface area contributed by atoms with Crippen LogP contribution in [0.2, 0.25) is 0 Å². The molecule has 1 fully saturated rings. The highest BCUT2D eigenvalue weighted by molar-refractivity contribution is 8.00. The molecule has 16 heavy (non-hydrogen) atoms. The molecule has 3 nitrogen and oxygen atoms in total. The summed E-state index contributed by atoms with van der Waals surface area (Å²) in [4.78, 5) is 13.9. The van der Waals surface area contributed by atoms with Gasteiger partial charge in [0.15, 0.2) is 0 Å². The first-order valence-corrected chi connectivity index (χ1v) is 6.90. The summed E-state index contributed by atoms with van der Waals surface area (Å²) in [6.07, 6.45) is 1.05. The Labute approximate surface area is 101 Å². The third kappa shape index (κ3) is 1.59. The Morgan fingerprint density at radius 2 is 2.31 bits per heavy atom. The zero-order chi connectivity index (χ0) is 11.9. The van der Waals surface area contributed by atoms with Crippen LogP contribution in [0.5, 0.6) is 0 Å². The van der Waals surface area contributed by atoms with Crippen LogP contribution < -0.4 is 0 Å². The van der Waals surface area contributed by atoms with Gasteiger partial charge in [-0.1, -0.05) is 20.3 Å². The quantitative estimate of drug-likeness (QED) is 0.766. The molecule has 0 spiro atoms. The fourth-order valence-corrected chi connectivity index (χ4v) is 4.10. The molecule has 0 aromatic heterocycles. The van der Waals surface area contributed by atoms with E-state index >= 15 is 0 Å². The van der Waals surface area contributed by atoms with E-state index in [0.29, 0.717) is 11.3 Å². The lowest BCUT2D eigenvalue weighted by atomic mass is 9.83. The molecule has 1 amide bonds. The number of rotatable bonds is 3. The summed E-state index contributed by atoms with van der Waals surface area (Å²) < 4.78 is 0. The van der Waals surface area contributed by atoms with Gasteiger partial charge in [-0.15, -0.1) is 11.8 Å². The smallest absolute Gasteiger partial charge is 0.234 e. The van der Waals surface area contributed by atoms with E-state index in [2.05, 4.69) is 13.8 Å². The number of nitrogens with zero attached hydrogens (tertiary/aromatic N) is 1. The van der Waals surface area contributed by atoms with Crippen molar-refractivity contribution >= 4 is 17.7 Å². The number of hydrogen-bond donors (Lipinski definition) is 1. The van der Waals surface area contributed by atoms with Gasteiger partial charge in [0.05, 0.1) is 17.9 Å². The lowest BCUT2D eigenvalue weighted by Gasteiger charge is -2.52. The number of aliphatic hydroxyl groups excluding tert-OH is 1. The van der Waals surface area contributed by atoms with Crippen LogP contribution in [-0.4, -0.2) is 33.6 Å². The number of allylic oxidation sites excluding steroid dienone is 1. The largest absolute Gasteiger partial charge is 0.392 e. The first-order valence-electron chi connectivity index (χ1n) is 5.86. The van der Waals surface area contributed by atoms with Crippen LogP contribution in [0.25, 0.3) is 0 Å². The van der Waals surface area contributed by atoms with Gasteiger partial charge < -0.3 is 10.0 Å². The fraction of sp³-hybridized carbons (Fsp3) is 0.750. The van der Waals surface area contributed by atoms with Gasteiger partial charge in [0.1, 0.15) is 0 Å². The molecule has 2 rings (SSSR count). The minimum Gasteiger partial charge on any atom is -0.392 e. The molecule has 3 unspecified atom stereocenters. The summed E-state index contributed by atoms with van der Waals surface area (Å²) in [6.45, 7) is 6.31. The molecular weight excluding hydrogens is 222 g/mol. The summed E-state index contributed by atoms with van der Waals surface area (Å²) in [5.41, 5.74) is 1.98. The molecule has 90 valence electrons. The predicted octanol–water partition coefficient (Wildman–Crippen LogP) is 1.83. The minimum absolute atomic E-state index is 0.0727. The maximum absolute atomic E-state index is 12.1. The number of carbonyl (C=O) groups is 1. The molecule has 3 atom stereocenters. The first-order chi connectivity index (χ1) is 7.61. The zero-order valence-corrected chi connectivity index (χ0v) is 10.9. The van der Waals surface area contributed by atoms with E-state index in [1.165, 1.54) is 0 Å². The second kappa shape index (κ2) is 4.41. The number of aliphatic hydroxyl groups is 1. The lowest BCUT2D eigenvalue weighted by molar-refractivity contribution is -0.150. The molecular formula is C12H19NO2S. The highest BCUT2D eigenvalue weighted by Crippen LogP contribution is 2.46. The van der Waals surface area contributed by atoms with Gasteiger partial charge in [-0.2, -0.15) is 0 Å². The van der Waals surface area contributed by atoms with E-state index in [1.807, 2.05) is 11.8 Å². The minimum atomic E-state index is 0.0727. The van der Waals surface area contributed by atoms with Crippen molar-refractivity contribution in [2.45, 2.75) is 32.6 Å². The lowest BCUT2D eigenvalue weighted by Crippen LogP contribution is -2.61. The Balaban J connectivity index is 2.18. The summed E-state index contributed by atoms with van der Waals surface area (Å²) in [5, 5.41) is 9.51. The van der Waals surface area contributed by atoms with Gasteiger partial charge in [-0.05, 0) is 18.4 Å². The van der Waals surface area contributed by atoms with E-state index in [-0.39, 0.29) is 18.4 Å².